The minimum absolute atomic E-state index is 0.123. The fourth-order valence-corrected chi connectivity index (χ4v) is 1.17. The van der Waals surface area contributed by atoms with Gasteiger partial charge in [-0.2, -0.15) is 0 Å². The highest BCUT2D eigenvalue weighted by Gasteiger charge is 2.06. The Kier molecular flexibility index (Phi) is 5.04. The van der Waals surface area contributed by atoms with Gasteiger partial charge >= 0.3 is 0 Å². The van der Waals surface area contributed by atoms with Crippen LogP contribution in [0.3, 0.4) is 0 Å². The summed E-state index contributed by atoms with van der Waals surface area (Å²) in [6.07, 6.45) is 6.05. The predicted molar refractivity (Wildman–Crippen MR) is 58.9 cm³/mol. The lowest BCUT2D eigenvalue weighted by Crippen LogP contribution is -2.26. The molecule has 0 aliphatic rings. The second-order valence-electron chi connectivity index (χ2n) is 3.18. The standard InChI is InChI=1S/C10H14ClN3O/c1-2-9(11)3-4-14-10(15)8-5-12-7-13-6-8/h5-7,9H,2-4H2,1H3,(H,14,15). The fourth-order valence-electron chi connectivity index (χ4n) is 1.06. The molecular formula is C10H14ClN3O. The molecule has 1 N–H and O–H groups in total. The molecule has 1 amide bonds. The first-order valence-electron chi connectivity index (χ1n) is 4.91. The van der Waals surface area contributed by atoms with Gasteiger partial charge in [-0.05, 0) is 12.8 Å². The molecule has 15 heavy (non-hydrogen) atoms. The second kappa shape index (κ2) is 6.35. The Morgan fingerprint density at radius 2 is 2.20 bits per heavy atom. The van der Waals surface area contributed by atoms with E-state index in [1.807, 2.05) is 6.92 Å². The molecule has 1 rings (SSSR count). The Morgan fingerprint density at radius 1 is 1.53 bits per heavy atom. The van der Waals surface area contributed by atoms with Gasteiger partial charge in [0.2, 0.25) is 0 Å². The maximum absolute atomic E-state index is 11.5. The highest BCUT2D eigenvalue weighted by Crippen LogP contribution is 2.04. The summed E-state index contributed by atoms with van der Waals surface area (Å²) in [5.74, 6) is -0.157. The zero-order valence-corrected chi connectivity index (χ0v) is 9.37. The molecule has 1 unspecified atom stereocenters. The number of aromatic nitrogens is 2. The van der Waals surface area contributed by atoms with Crippen LogP contribution in [0.15, 0.2) is 18.7 Å². The van der Waals surface area contributed by atoms with E-state index in [9.17, 15) is 4.79 Å². The summed E-state index contributed by atoms with van der Waals surface area (Å²) in [6, 6.07) is 0. The SMILES string of the molecule is CCC(Cl)CCNC(=O)c1cncnc1. The first-order valence-corrected chi connectivity index (χ1v) is 5.35. The normalized spacial score (nSPS) is 12.1. The first-order chi connectivity index (χ1) is 7.24. The largest absolute Gasteiger partial charge is 0.352 e. The maximum Gasteiger partial charge on any atom is 0.254 e. The second-order valence-corrected chi connectivity index (χ2v) is 3.79. The molecule has 0 bridgehead atoms. The summed E-state index contributed by atoms with van der Waals surface area (Å²) in [5, 5.41) is 2.88. The number of carbonyl (C=O) groups excluding carboxylic acids is 1. The third kappa shape index (κ3) is 4.25. The first kappa shape index (κ1) is 11.9. The van der Waals surface area contributed by atoms with Crippen molar-refractivity contribution in [2.24, 2.45) is 0 Å². The number of hydrogen-bond acceptors (Lipinski definition) is 3. The van der Waals surface area contributed by atoms with E-state index in [0.717, 1.165) is 12.8 Å². The summed E-state index contributed by atoms with van der Waals surface area (Å²) in [4.78, 5) is 19.0. The molecule has 1 aromatic rings. The molecule has 4 nitrogen and oxygen atoms in total. The van der Waals surface area contributed by atoms with E-state index in [0.29, 0.717) is 12.1 Å². The zero-order valence-electron chi connectivity index (χ0n) is 8.61. The van der Waals surface area contributed by atoms with Crippen molar-refractivity contribution in [3.05, 3.63) is 24.3 Å². The minimum atomic E-state index is -0.157. The number of carbonyl (C=O) groups is 1. The van der Waals surface area contributed by atoms with Crippen LogP contribution >= 0.6 is 11.6 Å². The lowest BCUT2D eigenvalue weighted by molar-refractivity contribution is 0.0952. The molecule has 0 saturated carbocycles. The van der Waals surface area contributed by atoms with E-state index < -0.39 is 0 Å². The summed E-state index contributed by atoms with van der Waals surface area (Å²) in [6.45, 7) is 2.60. The van der Waals surface area contributed by atoms with E-state index >= 15 is 0 Å². The van der Waals surface area contributed by atoms with Gasteiger partial charge < -0.3 is 5.32 Å². The fraction of sp³-hybridized carbons (Fsp3) is 0.500. The maximum atomic E-state index is 11.5. The van der Waals surface area contributed by atoms with E-state index in [-0.39, 0.29) is 11.3 Å². The van der Waals surface area contributed by atoms with Gasteiger partial charge in [-0.1, -0.05) is 6.92 Å². The Hall–Kier alpha value is -1.16. The van der Waals surface area contributed by atoms with Gasteiger partial charge in [0.1, 0.15) is 6.33 Å². The number of amides is 1. The molecule has 82 valence electrons. The van der Waals surface area contributed by atoms with Crippen molar-refractivity contribution in [2.45, 2.75) is 25.1 Å². The van der Waals surface area contributed by atoms with Crippen LogP contribution in [0.4, 0.5) is 0 Å². The third-order valence-electron chi connectivity index (χ3n) is 2.01. The molecule has 1 atom stereocenters. The third-order valence-corrected chi connectivity index (χ3v) is 2.54. The quantitative estimate of drug-likeness (QED) is 0.778. The van der Waals surface area contributed by atoms with Crippen molar-refractivity contribution >= 4 is 17.5 Å². The Morgan fingerprint density at radius 3 is 2.80 bits per heavy atom. The van der Waals surface area contributed by atoms with Crippen molar-refractivity contribution in [2.75, 3.05) is 6.54 Å². The number of halogens is 1. The molecule has 0 radical (unpaired) electrons. The van der Waals surface area contributed by atoms with Gasteiger partial charge in [-0.3, -0.25) is 4.79 Å². The minimum Gasteiger partial charge on any atom is -0.352 e. The Labute approximate surface area is 94.1 Å². The smallest absolute Gasteiger partial charge is 0.254 e. The molecule has 5 heteroatoms. The van der Waals surface area contributed by atoms with Crippen LogP contribution in [0.25, 0.3) is 0 Å². The zero-order chi connectivity index (χ0) is 11.1. The van der Waals surface area contributed by atoms with Crippen molar-refractivity contribution in [3.8, 4) is 0 Å². The van der Waals surface area contributed by atoms with Gasteiger partial charge in [0.25, 0.3) is 5.91 Å². The van der Waals surface area contributed by atoms with Crippen LogP contribution in [0.2, 0.25) is 0 Å². The van der Waals surface area contributed by atoms with E-state index in [1.54, 1.807) is 0 Å². The monoisotopic (exact) mass is 227 g/mol. The van der Waals surface area contributed by atoms with Crippen LogP contribution in [0.5, 0.6) is 0 Å². The molecule has 0 fully saturated rings. The van der Waals surface area contributed by atoms with Crippen molar-refractivity contribution < 1.29 is 4.79 Å². The van der Waals surface area contributed by atoms with Crippen LogP contribution < -0.4 is 5.32 Å². The summed E-state index contributed by atoms with van der Waals surface area (Å²) >= 11 is 5.92. The molecule has 0 saturated heterocycles. The van der Waals surface area contributed by atoms with Crippen LogP contribution in [-0.4, -0.2) is 27.8 Å². The Balaban J connectivity index is 2.31. The summed E-state index contributed by atoms with van der Waals surface area (Å²) < 4.78 is 0. The number of alkyl halides is 1. The highest BCUT2D eigenvalue weighted by molar-refractivity contribution is 6.20. The predicted octanol–water partition coefficient (Wildman–Crippen LogP) is 1.61. The molecule has 0 aliphatic carbocycles. The van der Waals surface area contributed by atoms with Gasteiger partial charge in [0.15, 0.2) is 0 Å². The summed E-state index contributed by atoms with van der Waals surface area (Å²) in [7, 11) is 0. The number of hydrogen-bond donors (Lipinski definition) is 1. The number of rotatable bonds is 5. The highest BCUT2D eigenvalue weighted by atomic mass is 35.5. The van der Waals surface area contributed by atoms with E-state index in [1.165, 1.54) is 18.7 Å². The average Bonchev–Trinajstić information content (AvgIpc) is 2.29. The van der Waals surface area contributed by atoms with Gasteiger partial charge in [0, 0.05) is 24.3 Å². The topological polar surface area (TPSA) is 54.9 Å². The lowest BCUT2D eigenvalue weighted by Gasteiger charge is -2.07. The Bertz CT molecular complexity index is 305. The lowest BCUT2D eigenvalue weighted by atomic mass is 10.2. The van der Waals surface area contributed by atoms with E-state index in [2.05, 4.69) is 15.3 Å². The summed E-state index contributed by atoms with van der Waals surface area (Å²) in [5.41, 5.74) is 0.472. The molecule has 1 heterocycles. The van der Waals surface area contributed by atoms with Crippen LogP contribution in [0, 0.1) is 0 Å². The van der Waals surface area contributed by atoms with Gasteiger partial charge in [-0.15, -0.1) is 11.6 Å². The molecule has 0 aromatic carbocycles. The van der Waals surface area contributed by atoms with E-state index in [4.69, 9.17) is 11.6 Å². The number of nitrogens with one attached hydrogen (secondary N) is 1. The molecule has 0 aliphatic heterocycles. The van der Waals surface area contributed by atoms with Crippen molar-refractivity contribution in [1.29, 1.82) is 0 Å². The molecule has 1 aromatic heterocycles. The average molecular weight is 228 g/mol. The van der Waals surface area contributed by atoms with Crippen molar-refractivity contribution in [1.82, 2.24) is 15.3 Å². The van der Waals surface area contributed by atoms with Crippen LogP contribution in [0.1, 0.15) is 30.1 Å². The van der Waals surface area contributed by atoms with Gasteiger partial charge in [-0.25, -0.2) is 9.97 Å². The molecule has 0 spiro atoms. The van der Waals surface area contributed by atoms with Crippen molar-refractivity contribution in [3.63, 3.8) is 0 Å². The van der Waals surface area contributed by atoms with Crippen LogP contribution in [-0.2, 0) is 0 Å². The molecular weight excluding hydrogens is 214 g/mol. The number of nitrogens with zero attached hydrogens (tertiary/aromatic N) is 2. The van der Waals surface area contributed by atoms with Gasteiger partial charge in [0.05, 0.1) is 5.56 Å².